The number of hydrogen-bond donors (Lipinski definition) is 1. The molecule has 0 aliphatic heterocycles. The van der Waals surface area contributed by atoms with Gasteiger partial charge in [0, 0.05) is 5.56 Å². The average Bonchev–Trinajstić information content (AvgIpc) is 2.46. The van der Waals surface area contributed by atoms with E-state index < -0.39 is 0 Å². The molecule has 3 nitrogen and oxygen atoms in total. The first-order chi connectivity index (χ1) is 9.16. The molecule has 19 heavy (non-hydrogen) atoms. The second-order valence-electron chi connectivity index (χ2n) is 4.08. The lowest BCUT2D eigenvalue weighted by Crippen LogP contribution is -2.09. The lowest BCUT2D eigenvalue weighted by molar-refractivity contribution is 0.106. The Labute approximate surface area is 116 Å². The molecule has 2 aromatic rings. The van der Waals surface area contributed by atoms with Crippen molar-refractivity contribution in [2.24, 2.45) is 5.10 Å². The fourth-order valence-corrected chi connectivity index (χ4v) is 1.65. The Kier molecular flexibility index (Phi) is 4.31. The Morgan fingerprint density at radius 1 is 1.05 bits per heavy atom. The summed E-state index contributed by atoms with van der Waals surface area (Å²) in [5.41, 5.74) is 5.21. The summed E-state index contributed by atoms with van der Waals surface area (Å²) in [6, 6.07) is 16.4. The highest BCUT2D eigenvalue weighted by Crippen LogP contribution is 2.10. The normalized spacial score (nSPS) is 11.2. The third kappa shape index (κ3) is 3.66. The molecule has 2 aromatic carbocycles. The summed E-state index contributed by atoms with van der Waals surface area (Å²) in [7, 11) is 0. The molecule has 0 fully saturated rings. The number of carbonyl (C=O) groups is 1. The van der Waals surface area contributed by atoms with Crippen LogP contribution < -0.4 is 5.43 Å². The first kappa shape index (κ1) is 13.3. The number of hydrazone groups is 1. The summed E-state index contributed by atoms with van der Waals surface area (Å²) >= 11 is 5.88. The van der Waals surface area contributed by atoms with Gasteiger partial charge in [0.15, 0.2) is 5.17 Å². The summed E-state index contributed by atoms with van der Waals surface area (Å²) in [6.45, 7) is 2.00. The number of nitrogens with one attached hydrogen (secondary N) is 1. The number of nitrogens with zero attached hydrogens (tertiary/aromatic N) is 1. The SMILES string of the molecule is Cc1ccc(N/N=C(\Cl)C(=O)c2ccccc2)cc1. The predicted molar refractivity (Wildman–Crippen MR) is 78.9 cm³/mol. The van der Waals surface area contributed by atoms with E-state index in [9.17, 15) is 4.79 Å². The molecule has 0 atom stereocenters. The Hall–Kier alpha value is -2.13. The van der Waals surface area contributed by atoms with Gasteiger partial charge in [-0.3, -0.25) is 10.2 Å². The monoisotopic (exact) mass is 272 g/mol. The molecule has 0 aromatic heterocycles. The molecule has 0 spiro atoms. The Balaban J connectivity index is 2.07. The average molecular weight is 273 g/mol. The molecular formula is C15H13ClN2O. The van der Waals surface area contributed by atoms with Crippen molar-refractivity contribution in [3.63, 3.8) is 0 Å². The van der Waals surface area contributed by atoms with Gasteiger partial charge in [-0.1, -0.05) is 59.6 Å². The van der Waals surface area contributed by atoms with Gasteiger partial charge < -0.3 is 0 Å². The van der Waals surface area contributed by atoms with Crippen LogP contribution in [0.25, 0.3) is 0 Å². The van der Waals surface area contributed by atoms with Crippen LogP contribution in [0.3, 0.4) is 0 Å². The smallest absolute Gasteiger partial charge is 0.224 e. The summed E-state index contributed by atoms with van der Waals surface area (Å²) in [5.74, 6) is -0.304. The van der Waals surface area contributed by atoms with Gasteiger partial charge >= 0.3 is 0 Å². The van der Waals surface area contributed by atoms with Crippen LogP contribution in [0.5, 0.6) is 0 Å². The number of benzene rings is 2. The third-order valence-corrected chi connectivity index (χ3v) is 2.81. The van der Waals surface area contributed by atoms with Crippen molar-refractivity contribution in [1.82, 2.24) is 0 Å². The first-order valence-electron chi connectivity index (χ1n) is 5.82. The van der Waals surface area contributed by atoms with Gasteiger partial charge in [-0.2, -0.15) is 5.10 Å². The summed E-state index contributed by atoms with van der Waals surface area (Å²) in [5, 5.41) is 3.79. The zero-order valence-corrected chi connectivity index (χ0v) is 11.2. The molecule has 0 bridgehead atoms. The molecule has 0 amide bonds. The molecule has 0 radical (unpaired) electrons. The van der Waals surface area contributed by atoms with Crippen LogP contribution in [0, 0.1) is 6.92 Å². The lowest BCUT2D eigenvalue weighted by atomic mass is 10.1. The van der Waals surface area contributed by atoms with Crippen LogP contribution in [0.4, 0.5) is 5.69 Å². The number of carbonyl (C=O) groups excluding carboxylic acids is 1. The van der Waals surface area contributed by atoms with Crippen LogP contribution >= 0.6 is 11.6 Å². The molecule has 0 unspecified atom stereocenters. The molecule has 0 saturated carbocycles. The molecule has 2 rings (SSSR count). The van der Waals surface area contributed by atoms with Crippen LogP contribution in [0.2, 0.25) is 0 Å². The second kappa shape index (κ2) is 6.16. The van der Waals surface area contributed by atoms with Crippen molar-refractivity contribution in [1.29, 1.82) is 0 Å². The van der Waals surface area contributed by atoms with E-state index in [0.29, 0.717) is 5.56 Å². The number of halogens is 1. The highest BCUT2D eigenvalue weighted by atomic mass is 35.5. The van der Waals surface area contributed by atoms with Crippen molar-refractivity contribution in [3.05, 3.63) is 65.7 Å². The third-order valence-electron chi connectivity index (χ3n) is 2.56. The van der Waals surface area contributed by atoms with E-state index in [1.165, 1.54) is 0 Å². The van der Waals surface area contributed by atoms with Gasteiger partial charge in [-0.25, -0.2) is 0 Å². The van der Waals surface area contributed by atoms with Crippen molar-refractivity contribution in [2.75, 3.05) is 5.43 Å². The van der Waals surface area contributed by atoms with Crippen LogP contribution in [-0.2, 0) is 0 Å². The maximum absolute atomic E-state index is 11.9. The van der Waals surface area contributed by atoms with Crippen LogP contribution in [-0.4, -0.2) is 11.0 Å². The molecule has 0 saturated heterocycles. The van der Waals surface area contributed by atoms with Crippen molar-refractivity contribution >= 4 is 28.2 Å². The van der Waals surface area contributed by atoms with E-state index in [0.717, 1.165) is 11.3 Å². The van der Waals surface area contributed by atoms with Crippen molar-refractivity contribution in [3.8, 4) is 0 Å². The topological polar surface area (TPSA) is 41.5 Å². The van der Waals surface area contributed by atoms with Gasteiger partial charge in [0.05, 0.1) is 5.69 Å². The van der Waals surface area contributed by atoms with Gasteiger partial charge in [0.2, 0.25) is 5.78 Å². The fourth-order valence-electron chi connectivity index (χ4n) is 1.50. The van der Waals surface area contributed by atoms with E-state index >= 15 is 0 Å². The summed E-state index contributed by atoms with van der Waals surface area (Å²) in [6.07, 6.45) is 0. The van der Waals surface area contributed by atoms with Gasteiger partial charge in [-0.15, -0.1) is 0 Å². The molecule has 0 aliphatic carbocycles. The van der Waals surface area contributed by atoms with Gasteiger partial charge in [0.1, 0.15) is 0 Å². The number of ketones is 1. The van der Waals surface area contributed by atoms with E-state index in [-0.39, 0.29) is 11.0 Å². The minimum absolute atomic E-state index is 0.0909. The van der Waals surface area contributed by atoms with E-state index in [2.05, 4.69) is 10.5 Å². The lowest BCUT2D eigenvalue weighted by Gasteiger charge is -2.02. The van der Waals surface area contributed by atoms with E-state index in [1.807, 2.05) is 37.3 Å². The number of anilines is 1. The molecule has 4 heteroatoms. The standard InChI is InChI=1S/C15H13ClN2O/c1-11-7-9-13(10-8-11)17-18-15(16)14(19)12-5-3-2-4-6-12/h2-10,17H,1H3/b18-15-. The highest BCUT2D eigenvalue weighted by Gasteiger charge is 2.10. The van der Waals surface area contributed by atoms with Crippen LogP contribution in [0.1, 0.15) is 15.9 Å². The second-order valence-corrected chi connectivity index (χ2v) is 4.43. The first-order valence-corrected chi connectivity index (χ1v) is 6.20. The van der Waals surface area contributed by atoms with Gasteiger partial charge in [0.25, 0.3) is 0 Å². The zero-order valence-electron chi connectivity index (χ0n) is 10.4. The molecule has 0 heterocycles. The Bertz CT molecular complexity index is 591. The van der Waals surface area contributed by atoms with Gasteiger partial charge in [-0.05, 0) is 19.1 Å². The van der Waals surface area contributed by atoms with Crippen LogP contribution in [0.15, 0.2) is 59.7 Å². The Morgan fingerprint density at radius 3 is 2.32 bits per heavy atom. The highest BCUT2D eigenvalue weighted by molar-refractivity contribution is 6.84. The fraction of sp³-hybridized carbons (Fsp3) is 0.0667. The summed E-state index contributed by atoms with van der Waals surface area (Å²) in [4.78, 5) is 11.9. The number of rotatable bonds is 4. The zero-order chi connectivity index (χ0) is 13.7. The number of Topliss-reactive ketones (excluding diaryl/α,β-unsaturated/α-hetero) is 1. The maximum atomic E-state index is 11.9. The molecule has 0 aliphatic rings. The quantitative estimate of drug-likeness (QED) is 0.522. The summed E-state index contributed by atoms with van der Waals surface area (Å²) < 4.78 is 0. The minimum Gasteiger partial charge on any atom is -0.286 e. The van der Waals surface area contributed by atoms with E-state index in [4.69, 9.17) is 11.6 Å². The minimum atomic E-state index is -0.304. The number of hydrogen-bond acceptors (Lipinski definition) is 3. The molecule has 96 valence electrons. The van der Waals surface area contributed by atoms with E-state index in [1.54, 1.807) is 24.3 Å². The maximum Gasteiger partial charge on any atom is 0.224 e. The number of aryl methyl sites for hydroxylation is 1. The predicted octanol–water partition coefficient (Wildman–Crippen LogP) is 3.84. The molecule has 1 N–H and O–H groups in total. The van der Waals surface area contributed by atoms with Crippen molar-refractivity contribution < 1.29 is 4.79 Å². The molecular weight excluding hydrogens is 260 g/mol. The largest absolute Gasteiger partial charge is 0.286 e. The van der Waals surface area contributed by atoms with Crippen molar-refractivity contribution in [2.45, 2.75) is 6.92 Å². The Morgan fingerprint density at radius 2 is 1.68 bits per heavy atom.